The number of carbonyl (C=O) groups is 1. The number of aryl methyl sites for hydroxylation is 2. The van der Waals surface area contributed by atoms with E-state index in [0.29, 0.717) is 6.61 Å². The lowest BCUT2D eigenvalue weighted by atomic mass is 10.0. The van der Waals surface area contributed by atoms with Crippen LogP contribution in [0, 0.1) is 13.8 Å². The standard InChI is InChI=1S/C20H22N2O2S2/c1-6-24-19(23)20(4,5)26-18-16-15(14-9-7-12(2)8-10-14)13(3)25-17(16)21-11-22-18/h7-11H,6H2,1-5H3. The van der Waals surface area contributed by atoms with E-state index in [1.165, 1.54) is 22.2 Å². The fourth-order valence-electron chi connectivity index (χ4n) is 2.75. The molecule has 0 atom stereocenters. The van der Waals surface area contributed by atoms with E-state index < -0.39 is 4.75 Å². The van der Waals surface area contributed by atoms with Gasteiger partial charge in [-0.1, -0.05) is 41.6 Å². The molecule has 0 aliphatic rings. The summed E-state index contributed by atoms with van der Waals surface area (Å²) in [5, 5.41) is 1.83. The van der Waals surface area contributed by atoms with Gasteiger partial charge in [-0.25, -0.2) is 9.97 Å². The molecule has 3 rings (SSSR count). The van der Waals surface area contributed by atoms with Crippen molar-refractivity contribution in [2.45, 2.75) is 44.4 Å². The molecule has 0 unspecified atom stereocenters. The van der Waals surface area contributed by atoms with Gasteiger partial charge in [0, 0.05) is 10.4 Å². The number of fused-ring (bicyclic) bond motifs is 1. The van der Waals surface area contributed by atoms with Gasteiger partial charge in [0.05, 0.1) is 12.0 Å². The second kappa shape index (κ2) is 7.37. The first-order valence-corrected chi connectivity index (χ1v) is 10.1. The summed E-state index contributed by atoms with van der Waals surface area (Å²) >= 11 is 3.09. The van der Waals surface area contributed by atoms with Crippen LogP contribution >= 0.6 is 23.1 Å². The first-order chi connectivity index (χ1) is 12.3. The summed E-state index contributed by atoms with van der Waals surface area (Å²) in [5.41, 5.74) is 3.51. The zero-order valence-corrected chi connectivity index (χ0v) is 17.3. The molecule has 0 aliphatic carbocycles. The summed E-state index contributed by atoms with van der Waals surface area (Å²) < 4.78 is 4.50. The minimum absolute atomic E-state index is 0.236. The van der Waals surface area contributed by atoms with Crippen molar-refractivity contribution in [1.29, 1.82) is 0 Å². The molecule has 2 aromatic heterocycles. The molecular formula is C20H22N2O2S2. The largest absolute Gasteiger partial charge is 0.465 e. The van der Waals surface area contributed by atoms with E-state index in [-0.39, 0.29) is 5.97 Å². The number of ether oxygens (including phenoxy) is 1. The summed E-state index contributed by atoms with van der Waals surface area (Å²) in [4.78, 5) is 23.4. The van der Waals surface area contributed by atoms with Gasteiger partial charge < -0.3 is 4.74 Å². The van der Waals surface area contributed by atoms with Crippen molar-refractivity contribution in [3.8, 4) is 11.1 Å². The summed E-state index contributed by atoms with van der Waals surface area (Å²) in [5.74, 6) is -0.236. The molecule has 3 aromatic rings. The van der Waals surface area contributed by atoms with Crippen molar-refractivity contribution in [2.24, 2.45) is 0 Å². The Morgan fingerprint density at radius 2 is 1.88 bits per heavy atom. The summed E-state index contributed by atoms with van der Waals surface area (Å²) in [6, 6.07) is 8.47. The van der Waals surface area contributed by atoms with Crippen LogP contribution in [-0.4, -0.2) is 27.3 Å². The number of esters is 1. The fourth-order valence-corrected chi connectivity index (χ4v) is 4.85. The summed E-state index contributed by atoms with van der Waals surface area (Å²) in [6.07, 6.45) is 1.57. The first-order valence-electron chi connectivity index (χ1n) is 8.51. The number of thiophene rings is 1. The SMILES string of the molecule is CCOC(=O)C(C)(C)Sc1ncnc2sc(C)c(-c3ccc(C)cc3)c12. The Kier molecular flexibility index (Phi) is 5.34. The highest BCUT2D eigenvalue weighted by atomic mass is 32.2. The number of thioether (sulfide) groups is 1. The molecular weight excluding hydrogens is 364 g/mol. The third kappa shape index (κ3) is 3.62. The summed E-state index contributed by atoms with van der Waals surface area (Å²) in [6.45, 7) is 10.1. The molecule has 26 heavy (non-hydrogen) atoms. The smallest absolute Gasteiger partial charge is 0.322 e. The zero-order valence-electron chi connectivity index (χ0n) is 15.6. The van der Waals surface area contributed by atoms with Crippen molar-refractivity contribution in [3.05, 3.63) is 41.0 Å². The van der Waals surface area contributed by atoms with E-state index in [1.807, 2.05) is 20.8 Å². The maximum Gasteiger partial charge on any atom is 0.322 e. The highest BCUT2D eigenvalue weighted by Crippen LogP contribution is 2.44. The Labute approximate surface area is 162 Å². The molecule has 0 aliphatic heterocycles. The lowest BCUT2D eigenvalue weighted by Crippen LogP contribution is -2.30. The second-order valence-corrected chi connectivity index (χ2v) is 9.41. The molecule has 6 heteroatoms. The van der Waals surface area contributed by atoms with E-state index in [2.05, 4.69) is 48.1 Å². The van der Waals surface area contributed by atoms with Gasteiger partial charge >= 0.3 is 5.97 Å². The van der Waals surface area contributed by atoms with Gasteiger partial charge in [-0.15, -0.1) is 11.3 Å². The highest BCUT2D eigenvalue weighted by molar-refractivity contribution is 8.01. The van der Waals surface area contributed by atoms with Crippen LogP contribution in [0.3, 0.4) is 0 Å². The molecule has 0 fully saturated rings. The van der Waals surface area contributed by atoms with Crippen LogP contribution in [0.5, 0.6) is 0 Å². The predicted octanol–water partition coefficient (Wildman–Crippen LogP) is 5.41. The minimum Gasteiger partial charge on any atom is -0.465 e. The number of hydrogen-bond acceptors (Lipinski definition) is 6. The van der Waals surface area contributed by atoms with E-state index in [1.54, 1.807) is 17.7 Å². The quantitative estimate of drug-likeness (QED) is 0.333. The second-order valence-electron chi connectivity index (χ2n) is 6.59. The monoisotopic (exact) mass is 386 g/mol. The van der Waals surface area contributed by atoms with Gasteiger partial charge in [0.15, 0.2) is 0 Å². The number of aromatic nitrogens is 2. The minimum atomic E-state index is -0.725. The van der Waals surface area contributed by atoms with Crippen LogP contribution in [-0.2, 0) is 9.53 Å². The Morgan fingerprint density at radius 1 is 1.19 bits per heavy atom. The van der Waals surface area contributed by atoms with Crippen LogP contribution in [0.15, 0.2) is 35.6 Å². The van der Waals surface area contributed by atoms with Crippen molar-refractivity contribution in [3.63, 3.8) is 0 Å². The van der Waals surface area contributed by atoms with Crippen molar-refractivity contribution in [2.75, 3.05) is 6.61 Å². The Balaban J connectivity index is 2.12. The Bertz CT molecular complexity index is 946. The van der Waals surface area contributed by atoms with Gasteiger partial charge in [0.1, 0.15) is 20.9 Å². The maximum absolute atomic E-state index is 12.3. The number of nitrogens with zero attached hydrogens (tertiary/aromatic N) is 2. The third-order valence-electron chi connectivity index (χ3n) is 4.09. The molecule has 1 aromatic carbocycles. The lowest BCUT2D eigenvalue weighted by Gasteiger charge is -2.21. The summed E-state index contributed by atoms with van der Waals surface area (Å²) in [7, 11) is 0. The van der Waals surface area contributed by atoms with Gasteiger partial charge in [-0.05, 0) is 40.2 Å². The molecule has 0 bridgehead atoms. The Hall–Kier alpha value is -1.92. The maximum atomic E-state index is 12.3. The lowest BCUT2D eigenvalue weighted by molar-refractivity contribution is -0.145. The molecule has 0 spiro atoms. The van der Waals surface area contributed by atoms with Crippen LogP contribution in [0.25, 0.3) is 21.3 Å². The molecule has 0 radical (unpaired) electrons. The van der Waals surface area contributed by atoms with Crippen LogP contribution in [0.2, 0.25) is 0 Å². The van der Waals surface area contributed by atoms with Crippen LogP contribution < -0.4 is 0 Å². The van der Waals surface area contributed by atoms with Gasteiger partial charge in [-0.2, -0.15) is 0 Å². The van der Waals surface area contributed by atoms with E-state index in [4.69, 9.17) is 4.74 Å². The fraction of sp³-hybridized carbons (Fsp3) is 0.350. The van der Waals surface area contributed by atoms with Crippen molar-refractivity contribution >= 4 is 39.3 Å². The molecule has 0 N–H and O–H groups in total. The van der Waals surface area contributed by atoms with E-state index >= 15 is 0 Å². The average molecular weight is 387 g/mol. The molecule has 0 saturated heterocycles. The number of benzene rings is 1. The molecule has 4 nitrogen and oxygen atoms in total. The highest BCUT2D eigenvalue weighted by Gasteiger charge is 2.32. The van der Waals surface area contributed by atoms with Gasteiger partial charge in [-0.3, -0.25) is 4.79 Å². The number of hydrogen-bond donors (Lipinski definition) is 0. The van der Waals surface area contributed by atoms with Crippen molar-refractivity contribution in [1.82, 2.24) is 9.97 Å². The van der Waals surface area contributed by atoms with E-state index in [0.717, 1.165) is 26.4 Å². The number of carbonyl (C=O) groups excluding carboxylic acids is 1. The van der Waals surface area contributed by atoms with Crippen molar-refractivity contribution < 1.29 is 9.53 Å². The molecule has 2 heterocycles. The van der Waals surface area contributed by atoms with Gasteiger partial charge in [0.2, 0.25) is 0 Å². The molecule has 0 amide bonds. The first kappa shape index (κ1) is 18.9. The van der Waals surface area contributed by atoms with E-state index in [9.17, 15) is 4.79 Å². The van der Waals surface area contributed by atoms with Crippen LogP contribution in [0.4, 0.5) is 0 Å². The molecule has 136 valence electrons. The predicted molar refractivity (Wildman–Crippen MR) is 109 cm³/mol. The third-order valence-corrected chi connectivity index (χ3v) is 6.28. The zero-order chi connectivity index (χ0) is 18.9. The van der Waals surface area contributed by atoms with Crippen LogP contribution in [0.1, 0.15) is 31.2 Å². The molecule has 0 saturated carbocycles. The average Bonchev–Trinajstić information content (AvgIpc) is 2.92. The topological polar surface area (TPSA) is 52.1 Å². The van der Waals surface area contributed by atoms with Gasteiger partial charge in [0.25, 0.3) is 0 Å². The normalized spacial score (nSPS) is 11.7. The Morgan fingerprint density at radius 3 is 2.54 bits per heavy atom. The number of rotatable bonds is 5.